The number of piperazine rings is 1. The lowest BCUT2D eigenvalue weighted by Gasteiger charge is -2.44. The molecule has 0 bridgehead atoms. The van der Waals surface area contributed by atoms with Crippen LogP contribution in [-0.2, 0) is 0 Å². The van der Waals surface area contributed by atoms with Crippen molar-refractivity contribution >= 4 is 22.9 Å². The van der Waals surface area contributed by atoms with E-state index in [0.717, 1.165) is 30.1 Å². The van der Waals surface area contributed by atoms with E-state index in [0.29, 0.717) is 17.1 Å². The summed E-state index contributed by atoms with van der Waals surface area (Å²) in [7, 11) is 1.69. The van der Waals surface area contributed by atoms with E-state index in [-0.39, 0.29) is 0 Å². The van der Waals surface area contributed by atoms with Crippen LogP contribution >= 0.6 is 12.2 Å². The Balaban J connectivity index is 1.95. The zero-order chi connectivity index (χ0) is 15.0. The fourth-order valence-corrected chi connectivity index (χ4v) is 3.78. The highest BCUT2D eigenvalue weighted by molar-refractivity contribution is 7.80. The molecule has 0 radical (unpaired) electrons. The van der Waals surface area contributed by atoms with Crippen LogP contribution in [0.25, 0.3) is 0 Å². The summed E-state index contributed by atoms with van der Waals surface area (Å²) in [4.78, 5) is 5.51. The first kappa shape index (κ1) is 14.6. The van der Waals surface area contributed by atoms with Gasteiger partial charge in [0.15, 0.2) is 0 Å². The first-order valence-electron chi connectivity index (χ1n) is 7.58. The molecule has 2 aliphatic rings. The Bertz CT molecular complexity index is 548. The molecule has 2 fully saturated rings. The number of hydrogen-bond donors (Lipinski definition) is 1. The van der Waals surface area contributed by atoms with E-state index in [1.807, 2.05) is 12.1 Å². The zero-order valence-electron chi connectivity index (χ0n) is 12.7. The van der Waals surface area contributed by atoms with E-state index in [1.165, 1.54) is 19.4 Å². The van der Waals surface area contributed by atoms with Crippen molar-refractivity contribution in [3.05, 3.63) is 23.8 Å². The number of anilines is 1. The lowest BCUT2D eigenvalue weighted by atomic mass is 10.0. The van der Waals surface area contributed by atoms with Gasteiger partial charge in [0.1, 0.15) is 10.7 Å². The van der Waals surface area contributed by atoms with Crippen LogP contribution < -0.4 is 15.4 Å². The highest BCUT2D eigenvalue weighted by Crippen LogP contribution is 2.33. The first-order valence-corrected chi connectivity index (χ1v) is 7.99. The van der Waals surface area contributed by atoms with Crippen molar-refractivity contribution in [1.82, 2.24) is 4.90 Å². The molecule has 114 valence electrons. The van der Waals surface area contributed by atoms with Gasteiger partial charge in [-0.15, -0.1) is 0 Å². The fourth-order valence-electron chi connectivity index (χ4n) is 3.61. The van der Waals surface area contributed by atoms with Gasteiger partial charge >= 0.3 is 0 Å². The summed E-state index contributed by atoms with van der Waals surface area (Å²) in [5.74, 6) is 0.853. The summed E-state index contributed by atoms with van der Waals surface area (Å²) in [6, 6.07) is 7.08. The van der Waals surface area contributed by atoms with Crippen LogP contribution in [0.3, 0.4) is 0 Å². The molecule has 1 aromatic carbocycles. The normalized spacial score (nSPS) is 25.7. The highest BCUT2D eigenvalue weighted by atomic mass is 32.1. The lowest BCUT2D eigenvalue weighted by Crippen LogP contribution is -2.55. The van der Waals surface area contributed by atoms with E-state index in [2.05, 4.69) is 22.8 Å². The molecule has 21 heavy (non-hydrogen) atoms. The van der Waals surface area contributed by atoms with E-state index < -0.39 is 0 Å². The van der Waals surface area contributed by atoms with Crippen LogP contribution in [0.1, 0.15) is 25.3 Å². The second kappa shape index (κ2) is 5.81. The molecular weight excluding hydrogens is 282 g/mol. The fraction of sp³-hybridized carbons (Fsp3) is 0.562. The molecule has 4 nitrogen and oxygen atoms in total. The number of nitrogens with two attached hydrogens (primary N) is 1. The third-order valence-electron chi connectivity index (χ3n) is 4.72. The standard InChI is InChI=1S/C16H23N3OS/c1-11-9-18-7-3-4-12(18)10-19(11)15-8-13(20-2)5-6-14(15)16(17)21/h5-6,8,11-12H,3-4,7,9-10H2,1-2H3,(H2,17,21). The third-order valence-corrected chi connectivity index (χ3v) is 4.94. The van der Waals surface area contributed by atoms with Gasteiger partial charge in [0, 0.05) is 36.8 Å². The number of hydrogen-bond acceptors (Lipinski definition) is 4. The second-order valence-electron chi connectivity index (χ2n) is 6.04. The monoisotopic (exact) mass is 305 g/mol. The largest absolute Gasteiger partial charge is 0.497 e. The number of fused-ring (bicyclic) bond motifs is 1. The van der Waals surface area contributed by atoms with Gasteiger partial charge in [-0.25, -0.2) is 0 Å². The van der Waals surface area contributed by atoms with Gasteiger partial charge in [-0.05, 0) is 38.4 Å². The summed E-state index contributed by atoms with van der Waals surface area (Å²) in [5.41, 5.74) is 7.98. The van der Waals surface area contributed by atoms with Crippen LogP contribution in [0.4, 0.5) is 5.69 Å². The Hall–Kier alpha value is -1.33. The second-order valence-corrected chi connectivity index (χ2v) is 6.48. The Morgan fingerprint density at radius 2 is 2.19 bits per heavy atom. The zero-order valence-corrected chi connectivity index (χ0v) is 13.5. The number of nitrogens with zero attached hydrogens (tertiary/aromatic N) is 2. The average Bonchev–Trinajstić information content (AvgIpc) is 2.92. The average molecular weight is 305 g/mol. The van der Waals surface area contributed by atoms with Crippen LogP contribution in [-0.4, -0.2) is 48.7 Å². The molecule has 2 unspecified atom stereocenters. The van der Waals surface area contributed by atoms with Crippen molar-refractivity contribution in [2.24, 2.45) is 5.73 Å². The summed E-state index contributed by atoms with van der Waals surface area (Å²) < 4.78 is 5.38. The van der Waals surface area contributed by atoms with Crippen LogP contribution in [0, 0.1) is 0 Å². The number of rotatable bonds is 3. The molecule has 0 spiro atoms. The number of methoxy groups -OCH3 is 1. The Morgan fingerprint density at radius 3 is 2.90 bits per heavy atom. The van der Waals surface area contributed by atoms with E-state index >= 15 is 0 Å². The smallest absolute Gasteiger partial charge is 0.120 e. The summed E-state index contributed by atoms with van der Waals surface area (Å²) in [5, 5.41) is 0. The van der Waals surface area contributed by atoms with Crippen molar-refractivity contribution in [3.63, 3.8) is 0 Å². The predicted octanol–water partition coefficient (Wildman–Crippen LogP) is 2.00. The minimum Gasteiger partial charge on any atom is -0.497 e. The third kappa shape index (κ3) is 2.72. The highest BCUT2D eigenvalue weighted by Gasteiger charge is 2.35. The Labute approximate surface area is 131 Å². The van der Waals surface area contributed by atoms with Crippen molar-refractivity contribution in [2.45, 2.75) is 31.8 Å². The van der Waals surface area contributed by atoms with Crippen molar-refractivity contribution in [3.8, 4) is 5.75 Å². The summed E-state index contributed by atoms with van der Waals surface area (Å²) in [6.07, 6.45) is 2.60. The van der Waals surface area contributed by atoms with Gasteiger partial charge < -0.3 is 15.4 Å². The van der Waals surface area contributed by atoms with Gasteiger partial charge in [-0.3, -0.25) is 4.90 Å². The lowest BCUT2D eigenvalue weighted by molar-refractivity contribution is 0.203. The maximum absolute atomic E-state index is 5.92. The maximum Gasteiger partial charge on any atom is 0.120 e. The van der Waals surface area contributed by atoms with E-state index in [9.17, 15) is 0 Å². The summed E-state index contributed by atoms with van der Waals surface area (Å²) >= 11 is 5.23. The first-order chi connectivity index (χ1) is 10.1. The molecule has 2 heterocycles. The quantitative estimate of drug-likeness (QED) is 0.865. The SMILES string of the molecule is COc1ccc(C(N)=S)c(N2CC3CCCN3CC2C)c1. The van der Waals surface area contributed by atoms with Crippen molar-refractivity contribution in [1.29, 1.82) is 0 Å². The van der Waals surface area contributed by atoms with E-state index in [4.69, 9.17) is 22.7 Å². The molecule has 3 rings (SSSR count). The predicted molar refractivity (Wildman–Crippen MR) is 90.3 cm³/mol. The molecule has 0 aliphatic carbocycles. The van der Waals surface area contributed by atoms with Crippen LogP contribution in [0.15, 0.2) is 18.2 Å². The Morgan fingerprint density at radius 1 is 1.38 bits per heavy atom. The van der Waals surface area contributed by atoms with Crippen LogP contribution in [0.5, 0.6) is 5.75 Å². The molecule has 5 heteroatoms. The van der Waals surface area contributed by atoms with Crippen molar-refractivity contribution in [2.75, 3.05) is 31.6 Å². The molecule has 2 atom stereocenters. The van der Waals surface area contributed by atoms with Gasteiger partial charge in [0.25, 0.3) is 0 Å². The molecule has 2 N–H and O–H groups in total. The van der Waals surface area contributed by atoms with Gasteiger partial charge in [0.2, 0.25) is 0 Å². The Kier molecular flexibility index (Phi) is 4.04. The van der Waals surface area contributed by atoms with Crippen LogP contribution in [0.2, 0.25) is 0 Å². The minimum atomic E-state index is 0.453. The molecule has 1 aromatic rings. The summed E-state index contributed by atoms with van der Waals surface area (Å²) in [6.45, 7) is 5.67. The number of ether oxygens (including phenoxy) is 1. The molecule has 2 saturated heterocycles. The molecule has 0 amide bonds. The van der Waals surface area contributed by atoms with Gasteiger partial charge in [0.05, 0.1) is 12.8 Å². The molecule has 2 aliphatic heterocycles. The maximum atomic E-state index is 5.92. The molecule has 0 aromatic heterocycles. The molecular formula is C16H23N3OS. The molecule has 0 saturated carbocycles. The van der Waals surface area contributed by atoms with Crippen molar-refractivity contribution < 1.29 is 4.74 Å². The van der Waals surface area contributed by atoms with E-state index in [1.54, 1.807) is 7.11 Å². The van der Waals surface area contributed by atoms with Gasteiger partial charge in [-0.1, -0.05) is 12.2 Å². The number of benzene rings is 1. The minimum absolute atomic E-state index is 0.453. The topological polar surface area (TPSA) is 41.7 Å². The number of thiocarbonyl (C=S) groups is 1. The van der Waals surface area contributed by atoms with Gasteiger partial charge in [-0.2, -0.15) is 0 Å².